The van der Waals surface area contributed by atoms with Gasteiger partial charge in [0, 0.05) is 26.2 Å². The lowest BCUT2D eigenvalue weighted by molar-refractivity contribution is -0.141. The zero-order valence-electron chi connectivity index (χ0n) is 18.4. The van der Waals surface area contributed by atoms with Crippen LogP contribution >= 0.6 is 0 Å². The number of likely N-dealkylation sites (tertiary alicyclic amines) is 1. The molecule has 31 heavy (non-hydrogen) atoms. The van der Waals surface area contributed by atoms with Gasteiger partial charge in [0.05, 0.1) is 13.1 Å². The largest absolute Gasteiger partial charge is 0.344 e. The summed E-state index contributed by atoms with van der Waals surface area (Å²) in [6.45, 7) is 7.08. The van der Waals surface area contributed by atoms with Crippen LogP contribution in [0.5, 0.6) is 0 Å². The van der Waals surface area contributed by atoms with E-state index in [1.807, 2.05) is 9.80 Å². The Morgan fingerprint density at radius 1 is 0.968 bits per heavy atom. The quantitative estimate of drug-likeness (QED) is 0.579. The van der Waals surface area contributed by atoms with Crippen molar-refractivity contribution in [1.82, 2.24) is 30.5 Å². The zero-order chi connectivity index (χ0) is 22.0. The highest BCUT2D eigenvalue weighted by Gasteiger charge is 2.52. The third-order valence-corrected chi connectivity index (χ3v) is 7.18. The van der Waals surface area contributed by atoms with E-state index in [0.717, 1.165) is 43.8 Å². The summed E-state index contributed by atoms with van der Waals surface area (Å²) in [6.07, 6.45) is 5.31. The maximum atomic E-state index is 12.9. The number of hydrogen-bond donors (Lipinski definition) is 2. The minimum atomic E-state index is -0.863. The summed E-state index contributed by atoms with van der Waals surface area (Å²) in [7, 11) is 0. The van der Waals surface area contributed by atoms with Gasteiger partial charge in [0.15, 0.2) is 0 Å². The van der Waals surface area contributed by atoms with Crippen molar-refractivity contribution in [3.63, 3.8) is 0 Å². The van der Waals surface area contributed by atoms with Gasteiger partial charge in [-0.05, 0) is 57.5 Å². The first-order valence-electron chi connectivity index (χ1n) is 11.5. The zero-order valence-corrected chi connectivity index (χ0v) is 18.4. The van der Waals surface area contributed by atoms with E-state index in [9.17, 15) is 19.2 Å². The number of amides is 5. The lowest BCUT2D eigenvalue weighted by Gasteiger charge is -2.35. The first kappa shape index (κ1) is 22.0. The second kappa shape index (κ2) is 9.12. The molecule has 1 saturated carbocycles. The van der Waals surface area contributed by atoms with Crippen molar-refractivity contribution in [2.75, 3.05) is 52.4 Å². The molecule has 0 aromatic rings. The van der Waals surface area contributed by atoms with Crippen molar-refractivity contribution in [3.8, 4) is 0 Å². The monoisotopic (exact) mass is 434 g/mol. The van der Waals surface area contributed by atoms with Gasteiger partial charge in [-0.2, -0.15) is 5.01 Å². The summed E-state index contributed by atoms with van der Waals surface area (Å²) in [5.74, 6) is -0.0473. The number of rotatable bonds is 5. The SMILES string of the molecule is CC1CCC2(CC1)NC(=O)N(NC(=O)CN1CCN(C(=O)CN3CCCC3)CC1)C2=O. The Labute approximate surface area is 183 Å². The number of imide groups is 1. The molecule has 0 aromatic heterocycles. The molecule has 1 spiro atoms. The van der Waals surface area contributed by atoms with Crippen molar-refractivity contribution in [2.24, 2.45) is 5.92 Å². The maximum Gasteiger partial charge on any atom is 0.344 e. The summed E-state index contributed by atoms with van der Waals surface area (Å²) in [5, 5.41) is 3.66. The fourth-order valence-corrected chi connectivity index (χ4v) is 5.07. The Bertz CT molecular complexity index is 721. The van der Waals surface area contributed by atoms with Crippen molar-refractivity contribution in [3.05, 3.63) is 0 Å². The van der Waals surface area contributed by atoms with Gasteiger partial charge in [-0.3, -0.25) is 29.6 Å². The molecule has 3 saturated heterocycles. The molecule has 2 N–H and O–H groups in total. The molecule has 0 aromatic carbocycles. The second-order valence-corrected chi connectivity index (χ2v) is 9.51. The fraction of sp³-hybridized carbons (Fsp3) is 0.810. The number of nitrogens with one attached hydrogen (secondary N) is 2. The van der Waals surface area contributed by atoms with E-state index in [0.29, 0.717) is 51.5 Å². The predicted octanol–water partition coefficient (Wildman–Crippen LogP) is -0.242. The summed E-state index contributed by atoms with van der Waals surface area (Å²) in [5.41, 5.74) is 1.63. The Morgan fingerprint density at radius 3 is 2.23 bits per heavy atom. The minimum absolute atomic E-state index is 0.0925. The normalized spacial score (nSPS) is 30.2. The standard InChI is InChI=1S/C21H34N6O4/c1-16-4-6-21(7-5-16)19(30)27(20(31)22-21)23-17(28)14-25-10-12-26(13-11-25)18(29)15-24-8-2-3-9-24/h16H,2-15H2,1H3,(H,22,31)(H,23,28). The third kappa shape index (κ3) is 4.85. The maximum absolute atomic E-state index is 12.9. The number of carbonyl (C=O) groups excluding carboxylic acids is 4. The highest BCUT2D eigenvalue weighted by atomic mass is 16.2. The van der Waals surface area contributed by atoms with Gasteiger partial charge < -0.3 is 10.2 Å². The van der Waals surface area contributed by atoms with Crippen molar-refractivity contribution >= 4 is 23.8 Å². The molecule has 5 amide bonds. The van der Waals surface area contributed by atoms with E-state index in [-0.39, 0.29) is 24.3 Å². The molecule has 0 radical (unpaired) electrons. The first-order chi connectivity index (χ1) is 14.9. The minimum Gasteiger partial charge on any atom is -0.339 e. The molecular formula is C21H34N6O4. The third-order valence-electron chi connectivity index (χ3n) is 7.18. The molecule has 10 heteroatoms. The van der Waals surface area contributed by atoms with Gasteiger partial charge in [0.25, 0.3) is 11.8 Å². The number of urea groups is 1. The van der Waals surface area contributed by atoms with Crippen LogP contribution < -0.4 is 10.7 Å². The van der Waals surface area contributed by atoms with Gasteiger partial charge in [0.2, 0.25) is 5.91 Å². The van der Waals surface area contributed by atoms with E-state index in [1.54, 1.807) is 0 Å². The number of piperazine rings is 1. The molecule has 0 unspecified atom stereocenters. The Morgan fingerprint density at radius 2 is 1.58 bits per heavy atom. The average Bonchev–Trinajstić information content (AvgIpc) is 3.33. The molecule has 4 fully saturated rings. The summed E-state index contributed by atoms with van der Waals surface area (Å²) >= 11 is 0. The smallest absolute Gasteiger partial charge is 0.339 e. The van der Waals surface area contributed by atoms with Gasteiger partial charge >= 0.3 is 6.03 Å². The van der Waals surface area contributed by atoms with Crippen molar-refractivity contribution in [2.45, 2.75) is 51.0 Å². The lowest BCUT2D eigenvalue weighted by atomic mass is 9.77. The number of carbonyl (C=O) groups is 4. The highest BCUT2D eigenvalue weighted by molar-refractivity contribution is 6.08. The first-order valence-corrected chi connectivity index (χ1v) is 11.5. The molecule has 10 nitrogen and oxygen atoms in total. The number of hydrazine groups is 1. The summed E-state index contributed by atoms with van der Waals surface area (Å²) < 4.78 is 0. The van der Waals surface area contributed by atoms with E-state index in [1.165, 1.54) is 0 Å². The van der Waals surface area contributed by atoms with Crippen LogP contribution in [0.1, 0.15) is 45.4 Å². The summed E-state index contributed by atoms with van der Waals surface area (Å²) in [4.78, 5) is 56.2. The van der Waals surface area contributed by atoms with E-state index in [2.05, 4.69) is 22.6 Å². The van der Waals surface area contributed by atoms with Crippen LogP contribution in [0.3, 0.4) is 0 Å². The number of hydrogen-bond acceptors (Lipinski definition) is 6. The lowest BCUT2D eigenvalue weighted by Crippen LogP contribution is -2.55. The van der Waals surface area contributed by atoms with Crippen LogP contribution in [0.4, 0.5) is 4.79 Å². The molecule has 3 aliphatic heterocycles. The molecule has 1 aliphatic carbocycles. The highest BCUT2D eigenvalue weighted by Crippen LogP contribution is 2.35. The second-order valence-electron chi connectivity index (χ2n) is 9.51. The molecule has 4 rings (SSSR count). The Hall–Kier alpha value is -2.20. The van der Waals surface area contributed by atoms with Gasteiger partial charge in [-0.25, -0.2) is 4.79 Å². The topological polar surface area (TPSA) is 105 Å². The van der Waals surface area contributed by atoms with Crippen LogP contribution in [-0.2, 0) is 14.4 Å². The van der Waals surface area contributed by atoms with Gasteiger partial charge in [0.1, 0.15) is 5.54 Å². The van der Waals surface area contributed by atoms with Crippen LogP contribution in [0, 0.1) is 5.92 Å². The molecule has 3 heterocycles. The molecular weight excluding hydrogens is 400 g/mol. The predicted molar refractivity (Wildman–Crippen MR) is 113 cm³/mol. The average molecular weight is 435 g/mol. The fourth-order valence-electron chi connectivity index (χ4n) is 5.07. The van der Waals surface area contributed by atoms with E-state index in [4.69, 9.17) is 0 Å². The van der Waals surface area contributed by atoms with Crippen molar-refractivity contribution in [1.29, 1.82) is 0 Å². The Kier molecular flexibility index (Phi) is 6.47. The van der Waals surface area contributed by atoms with Crippen LogP contribution in [0.15, 0.2) is 0 Å². The number of nitrogens with zero attached hydrogens (tertiary/aromatic N) is 4. The van der Waals surface area contributed by atoms with Crippen molar-refractivity contribution < 1.29 is 19.2 Å². The van der Waals surface area contributed by atoms with Gasteiger partial charge in [-0.15, -0.1) is 0 Å². The molecule has 0 atom stereocenters. The van der Waals surface area contributed by atoms with Crippen LogP contribution in [0.2, 0.25) is 0 Å². The van der Waals surface area contributed by atoms with E-state index < -0.39 is 11.6 Å². The molecule has 0 bridgehead atoms. The van der Waals surface area contributed by atoms with Crippen LogP contribution in [-0.4, -0.2) is 101 Å². The summed E-state index contributed by atoms with van der Waals surface area (Å²) in [6, 6.07) is -0.551. The van der Waals surface area contributed by atoms with Crippen LogP contribution in [0.25, 0.3) is 0 Å². The van der Waals surface area contributed by atoms with E-state index >= 15 is 0 Å². The molecule has 4 aliphatic rings. The van der Waals surface area contributed by atoms with Gasteiger partial charge in [-0.1, -0.05) is 6.92 Å². The Balaban J connectivity index is 1.22. The molecule has 172 valence electrons.